The van der Waals surface area contributed by atoms with E-state index in [1.807, 2.05) is 7.05 Å². The first-order valence-electron chi connectivity index (χ1n) is 7.11. The minimum absolute atomic E-state index is 0. The number of ether oxygens (including phenoxy) is 1. The van der Waals surface area contributed by atoms with Crippen LogP contribution in [0.1, 0.15) is 19.3 Å². The standard InChI is InChI=1S/C15H22ClN3O3.ClH/c1-17-8-3-4-14(20)18-9-7-15(21)19-12-10-11(16)5-6-13(12)22-2;/h5-6,10,17H,3-4,7-9H2,1-2H3,(H,18,20)(H,19,21);1H. The maximum Gasteiger partial charge on any atom is 0.226 e. The summed E-state index contributed by atoms with van der Waals surface area (Å²) in [6, 6.07) is 4.98. The Morgan fingerprint density at radius 3 is 2.57 bits per heavy atom. The van der Waals surface area contributed by atoms with Crippen LogP contribution in [0.5, 0.6) is 5.75 Å². The largest absolute Gasteiger partial charge is 0.495 e. The SMILES string of the molecule is CNCCCC(=O)NCCC(=O)Nc1cc(Cl)ccc1OC.Cl. The van der Waals surface area contributed by atoms with Gasteiger partial charge in [-0.25, -0.2) is 0 Å². The van der Waals surface area contributed by atoms with Gasteiger partial charge in [-0.05, 0) is 38.2 Å². The van der Waals surface area contributed by atoms with Gasteiger partial charge in [0.15, 0.2) is 0 Å². The van der Waals surface area contributed by atoms with Gasteiger partial charge < -0.3 is 20.7 Å². The highest BCUT2D eigenvalue weighted by atomic mass is 35.5. The molecule has 130 valence electrons. The van der Waals surface area contributed by atoms with Crippen molar-refractivity contribution in [1.29, 1.82) is 0 Å². The minimum atomic E-state index is -0.212. The van der Waals surface area contributed by atoms with Crippen LogP contribution in [-0.4, -0.2) is 39.1 Å². The van der Waals surface area contributed by atoms with Gasteiger partial charge in [0.1, 0.15) is 5.75 Å². The van der Waals surface area contributed by atoms with E-state index in [0.717, 1.165) is 13.0 Å². The van der Waals surface area contributed by atoms with Gasteiger partial charge in [0.25, 0.3) is 0 Å². The molecule has 1 rings (SSSR count). The average Bonchev–Trinajstić information content (AvgIpc) is 2.48. The molecule has 0 aliphatic heterocycles. The Bertz CT molecular complexity index is 513. The molecule has 23 heavy (non-hydrogen) atoms. The maximum atomic E-state index is 11.9. The van der Waals surface area contributed by atoms with Crippen molar-refractivity contribution < 1.29 is 14.3 Å². The van der Waals surface area contributed by atoms with Crippen molar-refractivity contribution in [2.45, 2.75) is 19.3 Å². The second kappa shape index (κ2) is 12.0. The van der Waals surface area contributed by atoms with E-state index >= 15 is 0 Å². The van der Waals surface area contributed by atoms with Crippen molar-refractivity contribution in [1.82, 2.24) is 10.6 Å². The van der Waals surface area contributed by atoms with E-state index in [-0.39, 0.29) is 30.6 Å². The van der Waals surface area contributed by atoms with Crippen LogP contribution in [0.25, 0.3) is 0 Å². The van der Waals surface area contributed by atoms with Gasteiger partial charge in [-0.15, -0.1) is 12.4 Å². The number of carbonyl (C=O) groups is 2. The molecule has 0 saturated carbocycles. The first kappa shape index (κ1) is 21.5. The zero-order valence-electron chi connectivity index (χ0n) is 13.3. The molecule has 3 N–H and O–H groups in total. The summed E-state index contributed by atoms with van der Waals surface area (Å²) < 4.78 is 5.15. The number of hydrogen-bond acceptors (Lipinski definition) is 4. The fourth-order valence-electron chi connectivity index (χ4n) is 1.82. The third-order valence-corrected chi connectivity index (χ3v) is 3.18. The third-order valence-electron chi connectivity index (χ3n) is 2.94. The summed E-state index contributed by atoms with van der Waals surface area (Å²) >= 11 is 5.89. The summed E-state index contributed by atoms with van der Waals surface area (Å²) in [4.78, 5) is 23.4. The van der Waals surface area contributed by atoms with Crippen molar-refractivity contribution in [3.05, 3.63) is 23.2 Å². The predicted octanol–water partition coefficient (Wildman–Crippen LogP) is 2.21. The summed E-state index contributed by atoms with van der Waals surface area (Å²) in [5.41, 5.74) is 0.514. The Kier molecular flexibility index (Phi) is 11.2. The quantitative estimate of drug-likeness (QED) is 0.587. The van der Waals surface area contributed by atoms with E-state index in [4.69, 9.17) is 16.3 Å². The van der Waals surface area contributed by atoms with E-state index in [2.05, 4.69) is 16.0 Å². The van der Waals surface area contributed by atoms with Crippen molar-refractivity contribution in [3.63, 3.8) is 0 Å². The van der Waals surface area contributed by atoms with Gasteiger partial charge >= 0.3 is 0 Å². The molecule has 0 fully saturated rings. The number of anilines is 1. The maximum absolute atomic E-state index is 11.9. The molecule has 8 heteroatoms. The fourth-order valence-corrected chi connectivity index (χ4v) is 1.99. The molecular formula is C15H23Cl2N3O3. The Morgan fingerprint density at radius 2 is 1.91 bits per heavy atom. The van der Waals surface area contributed by atoms with Gasteiger partial charge in [0.2, 0.25) is 11.8 Å². The number of methoxy groups -OCH3 is 1. The number of nitrogens with one attached hydrogen (secondary N) is 3. The summed E-state index contributed by atoms with van der Waals surface area (Å²) in [6.07, 6.45) is 1.41. The van der Waals surface area contributed by atoms with Crippen LogP contribution in [0, 0.1) is 0 Å². The van der Waals surface area contributed by atoms with Crippen LogP contribution in [0.2, 0.25) is 5.02 Å². The van der Waals surface area contributed by atoms with E-state index in [0.29, 0.717) is 29.4 Å². The second-order valence-electron chi connectivity index (χ2n) is 4.70. The molecular weight excluding hydrogens is 341 g/mol. The highest BCUT2D eigenvalue weighted by molar-refractivity contribution is 6.31. The van der Waals surface area contributed by atoms with Crippen LogP contribution in [-0.2, 0) is 9.59 Å². The molecule has 0 aliphatic carbocycles. The molecule has 0 spiro atoms. The number of hydrogen-bond donors (Lipinski definition) is 3. The highest BCUT2D eigenvalue weighted by Crippen LogP contribution is 2.27. The lowest BCUT2D eigenvalue weighted by Crippen LogP contribution is -2.28. The molecule has 0 atom stereocenters. The number of halogens is 2. The molecule has 1 aromatic rings. The van der Waals surface area contributed by atoms with Gasteiger partial charge in [-0.1, -0.05) is 11.6 Å². The van der Waals surface area contributed by atoms with Crippen molar-refractivity contribution in [2.75, 3.05) is 32.6 Å². The smallest absolute Gasteiger partial charge is 0.226 e. The van der Waals surface area contributed by atoms with Crippen LogP contribution in [0.15, 0.2) is 18.2 Å². The minimum Gasteiger partial charge on any atom is -0.495 e. The molecule has 0 saturated heterocycles. The Hall–Kier alpha value is -1.50. The van der Waals surface area contributed by atoms with Gasteiger partial charge in [0.05, 0.1) is 12.8 Å². The molecule has 0 aliphatic rings. The second-order valence-corrected chi connectivity index (χ2v) is 5.14. The lowest BCUT2D eigenvalue weighted by atomic mass is 10.2. The van der Waals surface area contributed by atoms with Gasteiger partial charge in [0, 0.05) is 24.4 Å². The Labute approximate surface area is 147 Å². The van der Waals surface area contributed by atoms with E-state index in [1.165, 1.54) is 7.11 Å². The zero-order valence-corrected chi connectivity index (χ0v) is 14.9. The first-order valence-corrected chi connectivity index (χ1v) is 7.49. The lowest BCUT2D eigenvalue weighted by molar-refractivity contribution is -0.121. The van der Waals surface area contributed by atoms with Crippen LogP contribution < -0.4 is 20.7 Å². The molecule has 0 aromatic heterocycles. The lowest BCUT2D eigenvalue weighted by Gasteiger charge is -2.11. The van der Waals surface area contributed by atoms with Gasteiger partial charge in [-0.2, -0.15) is 0 Å². The zero-order chi connectivity index (χ0) is 16.4. The van der Waals surface area contributed by atoms with Crippen molar-refractivity contribution >= 4 is 41.5 Å². The summed E-state index contributed by atoms with van der Waals surface area (Å²) in [6.45, 7) is 1.09. The monoisotopic (exact) mass is 363 g/mol. The number of rotatable bonds is 9. The number of amides is 2. The van der Waals surface area contributed by atoms with Crippen LogP contribution in [0.3, 0.4) is 0 Å². The van der Waals surface area contributed by atoms with Crippen molar-refractivity contribution in [3.8, 4) is 5.75 Å². The fraction of sp³-hybridized carbons (Fsp3) is 0.467. The van der Waals surface area contributed by atoms with E-state index < -0.39 is 0 Å². The predicted molar refractivity (Wildman–Crippen MR) is 94.7 cm³/mol. The summed E-state index contributed by atoms with van der Waals surface area (Å²) in [5, 5.41) is 8.91. The van der Waals surface area contributed by atoms with Gasteiger partial charge in [-0.3, -0.25) is 9.59 Å². The number of carbonyl (C=O) groups excluding carboxylic acids is 2. The van der Waals surface area contributed by atoms with Crippen LogP contribution in [0.4, 0.5) is 5.69 Å². The molecule has 0 heterocycles. The molecule has 0 radical (unpaired) electrons. The molecule has 1 aromatic carbocycles. The first-order chi connectivity index (χ1) is 10.6. The Morgan fingerprint density at radius 1 is 1.17 bits per heavy atom. The highest BCUT2D eigenvalue weighted by Gasteiger charge is 2.09. The Balaban J connectivity index is 0.00000484. The summed E-state index contributed by atoms with van der Waals surface area (Å²) in [5.74, 6) is 0.272. The third kappa shape index (κ3) is 8.64. The normalized spacial score (nSPS) is 9.70. The molecule has 0 bridgehead atoms. The molecule has 6 nitrogen and oxygen atoms in total. The van der Waals surface area contributed by atoms with Crippen LogP contribution >= 0.6 is 24.0 Å². The summed E-state index contributed by atoms with van der Waals surface area (Å²) in [7, 11) is 3.36. The molecule has 2 amide bonds. The topological polar surface area (TPSA) is 79.5 Å². The van der Waals surface area contributed by atoms with E-state index in [9.17, 15) is 9.59 Å². The molecule has 0 unspecified atom stereocenters. The van der Waals surface area contributed by atoms with E-state index in [1.54, 1.807) is 18.2 Å². The number of benzene rings is 1. The average molecular weight is 364 g/mol. The van der Waals surface area contributed by atoms with Crippen molar-refractivity contribution in [2.24, 2.45) is 0 Å².